The second-order valence-electron chi connectivity index (χ2n) is 5.89. The average Bonchev–Trinajstić information content (AvgIpc) is 3.02. The van der Waals surface area contributed by atoms with Crippen molar-refractivity contribution in [1.29, 1.82) is 0 Å². The smallest absolute Gasteiger partial charge is 0.868 e. The molecule has 32 heteroatoms. The molecule has 0 heterocycles. The summed E-state index contributed by atoms with van der Waals surface area (Å²) < 4.78 is 0. The number of benzene rings is 2. The van der Waals surface area contributed by atoms with Crippen molar-refractivity contribution in [1.82, 2.24) is 0 Å². The molecular weight excluding hydrogens is 812 g/mol. The van der Waals surface area contributed by atoms with Crippen molar-refractivity contribution < 1.29 is 238 Å². The Morgan fingerprint density at radius 3 is 1.13 bits per heavy atom. The molecule has 0 aliphatic heterocycles. The summed E-state index contributed by atoms with van der Waals surface area (Å²) in [6.45, 7) is 1.49. The summed E-state index contributed by atoms with van der Waals surface area (Å²) in [6, 6.07) is 6.81. The van der Waals surface area contributed by atoms with Crippen LogP contribution in [0.15, 0.2) is 36.4 Å². The van der Waals surface area contributed by atoms with Gasteiger partial charge in [0.1, 0.15) is 6.79 Å². The number of nitro groups is 2. The van der Waals surface area contributed by atoms with Crippen molar-refractivity contribution >= 4 is 54.3 Å². The number of Topliss-reactive ketones (excluding diaryl/α,β-unsaturated/α-hetero) is 2. The first-order valence-electron chi connectivity index (χ1n) is 10.3. The third-order valence-corrected chi connectivity index (χ3v) is 3.27. The molecule has 0 spiro atoms. The molecule has 2 rings (SSSR count). The molecule has 28 nitrogen and oxygen atoms in total. The van der Waals surface area contributed by atoms with Crippen LogP contribution in [0.1, 0.15) is 42.0 Å². The number of rotatable bonds is 7. The standard InChI is InChI=1S/2C8H7NO4.CH4O3.2CH2O3.3CO2.CH4.4Na.3H2O/c2*1-5(10)6-2-3-8(11)7(4-6)9(12)13;3*2-1-4-3;3*2-1-3;;;;;;;;/h2*2-4,11H,1H3;2-3H,1H2;2*1,3H;;;;1H4;;;;;3*1H2/q;;;;;;;;;4*+1;;;/p-4. The van der Waals surface area contributed by atoms with Crippen molar-refractivity contribution in [2.75, 3.05) is 6.79 Å². The van der Waals surface area contributed by atoms with E-state index in [4.69, 9.17) is 64.3 Å². The van der Waals surface area contributed by atoms with E-state index in [1.807, 2.05) is 0 Å². The molecule has 0 fully saturated rings. The number of carbonyl (C=O) groups excluding carboxylic acids is 10. The summed E-state index contributed by atoms with van der Waals surface area (Å²) in [5.41, 5.74) is -0.629. The molecule has 0 aliphatic rings. The SMILES string of the molecule is C.CC(=O)c1ccc(O)c([N+](=O)[O-])c1.CC(=O)c1ccc([O-])c([N+](=O)[O-])c1.O.O.O.O=C=O.O=C=O.O=C=O.O=CO[O-].O=CO[O-].[Na+].[Na+].[Na+].[Na+].[O-]OCO. The predicted octanol–water partition coefficient (Wildman–Crippen LogP) is -18.1. The van der Waals surface area contributed by atoms with E-state index in [1.54, 1.807) is 0 Å². The third kappa shape index (κ3) is 69.4. The van der Waals surface area contributed by atoms with Crippen LogP contribution in [-0.4, -0.2) is 86.2 Å². The summed E-state index contributed by atoms with van der Waals surface area (Å²) in [5.74, 6) is -1.70. The molecule has 0 aromatic heterocycles. The normalized spacial score (nSPS) is 6.29. The Hall–Kier alpha value is -3.06. The fraction of sp³-hybridized carbons (Fsp3) is 0.174. The number of nitro benzene ring substituents is 2. The van der Waals surface area contributed by atoms with Crippen molar-refractivity contribution in [2.24, 2.45) is 0 Å². The van der Waals surface area contributed by atoms with Gasteiger partial charge in [0.25, 0.3) is 18.6 Å². The van der Waals surface area contributed by atoms with Gasteiger partial charge in [-0.15, -0.1) is 0 Å². The van der Waals surface area contributed by atoms with Crippen LogP contribution in [0, 0.1) is 20.2 Å². The van der Waals surface area contributed by atoms with Gasteiger partial charge < -0.3 is 62.2 Å². The van der Waals surface area contributed by atoms with E-state index in [9.17, 15) is 34.9 Å². The number of hydrogen-bond acceptors (Lipinski definition) is 23. The molecule has 0 unspecified atom stereocenters. The minimum Gasteiger partial charge on any atom is -0.868 e. The van der Waals surface area contributed by atoms with Gasteiger partial charge in [0, 0.05) is 23.3 Å². The molecule has 290 valence electrons. The molecular formula is C23H28N2Na4O26. The molecule has 0 atom stereocenters. The number of phenols is 1. The number of aromatic hydroxyl groups is 1. The maximum atomic E-state index is 10.9. The summed E-state index contributed by atoms with van der Waals surface area (Å²) in [7, 11) is 0. The first-order chi connectivity index (χ1) is 22.0. The maximum absolute atomic E-state index is 10.9. The van der Waals surface area contributed by atoms with Crippen LogP contribution >= 0.6 is 0 Å². The van der Waals surface area contributed by atoms with E-state index in [0.29, 0.717) is 0 Å². The quantitative estimate of drug-likeness (QED) is 0.0497. The fourth-order valence-corrected chi connectivity index (χ4v) is 1.77. The van der Waals surface area contributed by atoms with Gasteiger partial charge in [-0.1, -0.05) is 19.6 Å². The van der Waals surface area contributed by atoms with Crippen molar-refractivity contribution in [3.63, 3.8) is 0 Å². The molecule has 0 aliphatic carbocycles. The zero-order valence-electron chi connectivity index (χ0n) is 28.7. The van der Waals surface area contributed by atoms with Crippen molar-refractivity contribution in [3.05, 3.63) is 67.8 Å². The maximum Gasteiger partial charge on any atom is 1.00 e. The van der Waals surface area contributed by atoms with Crippen LogP contribution in [0.3, 0.4) is 0 Å². The first kappa shape index (κ1) is 93.6. The number of aliphatic hydroxyl groups excluding tert-OH is 1. The minimum atomic E-state index is -0.797. The van der Waals surface area contributed by atoms with Gasteiger partial charge in [-0.25, -0.2) is 0 Å². The third-order valence-electron chi connectivity index (χ3n) is 3.27. The van der Waals surface area contributed by atoms with Gasteiger partial charge in [-0.05, 0) is 31.7 Å². The molecule has 2 aromatic carbocycles. The molecule has 2 aromatic rings. The van der Waals surface area contributed by atoms with Gasteiger partial charge >= 0.3 is 142 Å². The van der Waals surface area contributed by atoms with Crippen LogP contribution < -0.4 is 139 Å². The van der Waals surface area contributed by atoms with Gasteiger partial charge in [0.05, 0.1) is 9.85 Å². The second-order valence-corrected chi connectivity index (χ2v) is 5.89. The van der Waals surface area contributed by atoms with Gasteiger partial charge in [-0.3, -0.25) is 39.4 Å². The molecule has 8 N–H and O–H groups in total. The Bertz CT molecular complexity index is 1240. The van der Waals surface area contributed by atoms with Crippen molar-refractivity contribution in [2.45, 2.75) is 21.3 Å². The number of hydrogen-bond donors (Lipinski definition) is 2. The zero-order chi connectivity index (χ0) is 38.4. The molecule has 0 bridgehead atoms. The zero-order valence-corrected chi connectivity index (χ0v) is 36.7. The summed E-state index contributed by atoms with van der Waals surface area (Å²) in [4.78, 5) is 115. The Morgan fingerprint density at radius 1 is 0.691 bits per heavy atom. The Labute approximate surface area is 395 Å². The molecule has 0 saturated heterocycles. The number of ketones is 2. The largest absolute Gasteiger partial charge is 1.00 e. The first-order valence-corrected chi connectivity index (χ1v) is 10.3. The molecule has 0 radical (unpaired) electrons. The number of carbonyl (C=O) groups is 4. The number of aliphatic hydroxyl groups is 1. The second kappa shape index (κ2) is 72.2. The fourth-order valence-electron chi connectivity index (χ4n) is 1.77. The number of nitrogens with zero attached hydrogens (tertiary/aromatic N) is 2. The molecule has 0 amide bonds. The predicted molar refractivity (Wildman–Crippen MR) is 142 cm³/mol. The van der Waals surface area contributed by atoms with E-state index in [2.05, 4.69) is 14.7 Å². The van der Waals surface area contributed by atoms with Crippen LogP contribution in [-0.2, 0) is 53.0 Å². The average molecular weight is 840 g/mol. The van der Waals surface area contributed by atoms with E-state index in [0.717, 1.165) is 24.3 Å². The molecule has 55 heavy (non-hydrogen) atoms. The molecule has 0 saturated carbocycles. The van der Waals surface area contributed by atoms with Crippen LogP contribution in [0.2, 0.25) is 0 Å². The topological polar surface area (TPSA) is 512 Å². The Kier molecular flexibility index (Phi) is 123. The van der Waals surface area contributed by atoms with Gasteiger partial charge in [0.2, 0.25) is 0 Å². The van der Waals surface area contributed by atoms with Crippen LogP contribution in [0.4, 0.5) is 11.4 Å². The van der Waals surface area contributed by atoms with Crippen LogP contribution in [0.5, 0.6) is 11.5 Å². The summed E-state index contributed by atoms with van der Waals surface area (Å²) in [5, 5.41) is 73.3. The number of phenolic OH excluding ortho intramolecular Hbond substituents is 1. The Balaban J connectivity index is -0.0000000311. The van der Waals surface area contributed by atoms with E-state index < -0.39 is 39.5 Å². The minimum absolute atomic E-state index is 0. The van der Waals surface area contributed by atoms with Gasteiger partial charge in [0.15, 0.2) is 17.3 Å². The van der Waals surface area contributed by atoms with Crippen molar-refractivity contribution in [3.8, 4) is 11.5 Å². The summed E-state index contributed by atoms with van der Waals surface area (Å²) in [6.07, 6.45) is 0.750. The monoisotopic (exact) mass is 840 g/mol. The van der Waals surface area contributed by atoms with E-state index in [-0.39, 0.29) is 196 Å². The van der Waals surface area contributed by atoms with E-state index in [1.165, 1.54) is 26.0 Å². The Morgan fingerprint density at radius 2 is 0.927 bits per heavy atom. The van der Waals surface area contributed by atoms with Gasteiger partial charge in [-0.2, -0.15) is 28.8 Å². The van der Waals surface area contributed by atoms with E-state index >= 15 is 0 Å². The summed E-state index contributed by atoms with van der Waals surface area (Å²) >= 11 is 0. The van der Waals surface area contributed by atoms with Crippen LogP contribution in [0.25, 0.3) is 0 Å².